The molecule has 0 aromatic heterocycles. The van der Waals surface area contributed by atoms with Gasteiger partial charge in [-0.3, -0.25) is 4.90 Å². The van der Waals surface area contributed by atoms with Crippen LogP contribution in [0.5, 0.6) is 5.75 Å². The van der Waals surface area contributed by atoms with Crippen LogP contribution < -0.4 is 4.74 Å². The molecule has 21 heavy (non-hydrogen) atoms. The van der Waals surface area contributed by atoms with Gasteiger partial charge in [-0.1, -0.05) is 15.9 Å². The molecule has 0 spiro atoms. The molecule has 0 saturated carbocycles. The number of halogens is 1. The third-order valence-corrected chi connectivity index (χ3v) is 3.75. The van der Waals surface area contributed by atoms with Crippen LogP contribution in [0.15, 0.2) is 22.7 Å². The van der Waals surface area contributed by atoms with Crippen molar-refractivity contribution in [2.75, 3.05) is 40.0 Å². The lowest BCUT2D eigenvalue weighted by Crippen LogP contribution is -2.42. The average molecular weight is 358 g/mol. The molecule has 1 aromatic carbocycles. The lowest BCUT2D eigenvalue weighted by Gasteiger charge is -2.30. The van der Waals surface area contributed by atoms with E-state index in [0.29, 0.717) is 17.9 Å². The van der Waals surface area contributed by atoms with Crippen LogP contribution in [0.3, 0.4) is 0 Å². The summed E-state index contributed by atoms with van der Waals surface area (Å²) < 4.78 is 16.8. The van der Waals surface area contributed by atoms with E-state index in [0.717, 1.165) is 30.7 Å². The third kappa shape index (κ3) is 4.98. The van der Waals surface area contributed by atoms with Gasteiger partial charge in [0, 0.05) is 24.1 Å². The van der Waals surface area contributed by atoms with Crippen molar-refractivity contribution in [2.45, 2.75) is 13.0 Å². The summed E-state index contributed by atoms with van der Waals surface area (Å²) in [4.78, 5) is 13.9. The van der Waals surface area contributed by atoms with E-state index in [2.05, 4.69) is 27.8 Å². The van der Waals surface area contributed by atoms with Gasteiger partial charge in [0.25, 0.3) is 0 Å². The van der Waals surface area contributed by atoms with Gasteiger partial charge in [0.15, 0.2) is 0 Å². The molecule has 0 aliphatic carbocycles. The molecule has 2 rings (SSSR count). The monoisotopic (exact) mass is 357 g/mol. The van der Waals surface area contributed by atoms with E-state index in [4.69, 9.17) is 14.2 Å². The fraction of sp³-hybridized carbons (Fsp3) is 0.533. The number of morpholine rings is 1. The topological polar surface area (TPSA) is 48.0 Å². The summed E-state index contributed by atoms with van der Waals surface area (Å²) in [6.07, 6.45) is 0.274. The number of ether oxygens (including phenoxy) is 3. The Morgan fingerprint density at radius 2 is 2.29 bits per heavy atom. The standard InChI is InChI=1S/C15H20BrNO4/c1-11-10-17(3-5-20-11)4-6-21-14-8-12(15(18)19-2)7-13(16)9-14/h7-9,11H,3-6,10H2,1-2H3. The zero-order valence-corrected chi connectivity index (χ0v) is 13.9. The van der Waals surface area contributed by atoms with Crippen LogP contribution in [0, 0.1) is 0 Å². The molecule has 1 atom stereocenters. The molecule has 1 aromatic rings. The number of methoxy groups -OCH3 is 1. The molecule has 1 unspecified atom stereocenters. The van der Waals surface area contributed by atoms with Crippen molar-refractivity contribution in [2.24, 2.45) is 0 Å². The van der Waals surface area contributed by atoms with Gasteiger partial charge in [-0.05, 0) is 25.1 Å². The average Bonchev–Trinajstić information content (AvgIpc) is 2.46. The molecular formula is C15H20BrNO4. The summed E-state index contributed by atoms with van der Waals surface area (Å²) in [6, 6.07) is 5.25. The molecular weight excluding hydrogens is 338 g/mol. The molecule has 1 fully saturated rings. The van der Waals surface area contributed by atoms with Gasteiger partial charge in [-0.2, -0.15) is 0 Å². The molecule has 6 heteroatoms. The van der Waals surface area contributed by atoms with Crippen LogP contribution in [0.25, 0.3) is 0 Å². The van der Waals surface area contributed by atoms with Crippen LogP contribution >= 0.6 is 15.9 Å². The zero-order valence-electron chi connectivity index (χ0n) is 12.3. The second-order valence-corrected chi connectivity index (χ2v) is 5.91. The first kappa shape index (κ1) is 16.3. The lowest BCUT2D eigenvalue weighted by atomic mass is 10.2. The van der Waals surface area contributed by atoms with E-state index in [1.165, 1.54) is 7.11 Å². The minimum Gasteiger partial charge on any atom is -0.492 e. The minimum absolute atomic E-state index is 0.274. The SMILES string of the molecule is COC(=O)c1cc(Br)cc(OCCN2CCOC(C)C2)c1. The molecule has 116 valence electrons. The number of rotatable bonds is 5. The van der Waals surface area contributed by atoms with E-state index < -0.39 is 0 Å². The van der Waals surface area contributed by atoms with Crippen molar-refractivity contribution in [3.8, 4) is 5.75 Å². The summed E-state index contributed by atoms with van der Waals surface area (Å²) in [7, 11) is 1.36. The number of hydrogen-bond acceptors (Lipinski definition) is 5. The smallest absolute Gasteiger partial charge is 0.338 e. The van der Waals surface area contributed by atoms with Crippen LogP contribution in [-0.2, 0) is 9.47 Å². The fourth-order valence-corrected chi connectivity index (χ4v) is 2.74. The molecule has 0 bridgehead atoms. The number of hydrogen-bond donors (Lipinski definition) is 0. The highest BCUT2D eigenvalue weighted by molar-refractivity contribution is 9.10. The Labute approximate surface area is 133 Å². The van der Waals surface area contributed by atoms with Gasteiger partial charge in [0.05, 0.1) is 25.4 Å². The summed E-state index contributed by atoms with van der Waals surface area (Å²) in [6.45, 7) is 6.11. The first-order chi connectivity index (χ1) is 10.1. The lowest BCUT2D eigenvalue weighted by molar-refractivity contribution is -0.0214. The van der Waals surface area contributed by atoms with Gasteiger partial charge in [0.2, 0.25) is 0 Å². The van der Waals surface area contributed by atoms with Crippen molar-refractivity contribution in [3.63, 3.8) is 0 Å². The second kappa shape index (κ2) is 7.77. The number of nitrogens with zero attached hydrogens (tertiary/aromatic N) is 1. The summed E-state index contributed by atoms with van der Waals surface area (Å²) in [5.74, 6) is 0.286. The number of carbonyl (C=O) groups excluding carboxylic acids is 1. The second-order valence-electron chi connectivity index (χ2n) is 5.00. The Morgan fingerprint density at radius 1 is 1.48 bits per heavy atom. The van der Waals surface area contributed by atoms with E-state index in [1.807, 2.05) is 6.07 Å². The highest BCUT2D eigenvalue weighted by Gasteiger charge is 2.16. The van der Waals surface area contributed by atoms with E-state index >= 15 is 0 Å². The first-order valence-electron chi connectivity index (χ1n) is 6.94. The molecule has 0 amide bonds. The van der Waals surface area contributed by atoms with Gasteiger partial charge < -0.3 is 14.2 Å². The molecule has 1 saturated heterocycles. The number of benzene rings is 1. The molecule has 0 radical (unpaired) electrons. The predicted octanol–water partition coefficient (Wildman–Crippen LogP) is 2.34. The molecule has 0 N–H and O–H groups in total. The Kier molecular flexibility index (Phi) is 6.02. The fourth-order valence-electron chi connectivity index (χ4n) is 2.27. The van der Waals surface area contributed by atoms with E-state index in [-0.39, 0.29) is 12.1 Å². The van der Waals surface area contributed by atoms with Crippen molar-refractivity contribution < 1.29 is 19.0 Å². The van der Waals surface area contributed by atoms with Gasteiger partial charge >= 0.3 is 5.97 Å². The third-order valence-electron chi connectivity index (χ3n) is 3.29. The van der Waals surface area contributed by atoms with E-state index in [9.17, 15) is 4.79 Å². The van der Waals surface area contributed by atoms with Crippen LogP contribution in [-0.4, -0.2) is 56.9 Å². The van der Waals surface area contributed by atoms with Crippen LogP contribution in [0.1, 0.15) is 17.3 Å². The zero-order chi connectivity index (χ0) is 15.2. The maximum atomic E-state index is 11.6. The number of esters is 1. The van der Waals surface area contributed by atoms with E-state index in [1.54, 1.807) is 12.1 Å². The normalized spacial score (nSPS) is 19.3. The van der Waals surface area contributed by atoms with Crippen molar-refractivity contribution in [3.05, 3.63) is 28.2 Å². The van der Waals surface area contributed by atoms with Crippen LogP contribution in [0.2, 0.25) is 0 Å². The Hall–Kier alpha value is -1.11. The van der Waals surface area contributed by atoms with Crippen molar-refractivity contribution in [1.29, 1.82) is 0 Å². The maximum Gasteiger partial charge on any atom is 0.338 e. The highest BCUT2D eigenvalue weighted by Crippen LogP contribution is 2.22. The van der Waals surface area contributed by atoms with Crippen LogP contribution in [0.4, 0.5) is 0 Å². The van der Waals surface area contributed by atoms with Crippen molar-refractivity contribution in [1.82, 2.24) is 4.90 Å². The summed E-state index contributed by atoms with van der Waals surface area (Å²) >= 11 is 3.37. The highest BCUT2D eigenvalue weighted by atomic mass is 79.9. The van der Waals surface area contributed by atoms with Crippen molar-refractivity contribution >= 4 is 21.9 Å². The molecule has 1 heterocycles. The predicted molar refractivity (Wildman–Crippen MR) is 82.8 cm³/mol. The summed E-state index contributed by atoms with van der Waals surface area (Å²) in [5.41, 5.74) is 0.474. The Balaban J connectivity index is 1.88. The molecule has 1 aliphatic heterocycles. The maximum absolute atomic E-state index is 11.6. The summed E-state index contributed by atoms with van der Waals surface area (Å²) in [5, 5.41) is 0. The molecule has 1 aliphatic rings. The Bertz CT molecular complexity index is 495. The first-order valence-corrected chi connectivity index (χ1v) is 7.73. The minimum atomic E-state index is -0.372. The van der Waals surface area contributed by atoms with Gasteiger partial charge in [0.1, 0.15) is 12.4 Å². The Morgan fingerprint density at radius 3 is 3.00 bits per heavy atom. The molecule has 5 nitrogen and oxygen atoms in total. The quantitative estimate of drug-likeness (QED) is 0.757. The number of carbonyl (C=O) groups is 1. The van der Waals surface area contributed by atoms with Gasteiger partial charge in [-0.25, -0.2) is 4.79 Å². The van der Waals surface area contributed by atoms with Gasteiger partial charge in [-0.15, -0.1) is 0 Å². The largest absolute Gasteiger partial charge is 0.492 e.